The number of aliphatic hydroxyl groups is 1. The number of hydrogen-bond donors (Lipinski definition) is 1. The number of benzene rings is 3. The number of rotatable bonds is 5. The zero-order chi connectivity index (χ0) is 28.3. The fourth-order valence-corrected chi connectivity index (χ4v) is 6.17. The van der Waals surface area contributed by atoms with E-state index in [9.17, 15) is 14.7 Å². The number of fused-ring (bicyclic) bond motifs is 2. The van der Waals surface area contributed by atoms with Crippen molar-refractivity contribution in [2.75, 3.05) is 12.0 Å². The molecule has 1 aliphatic heterocycles. The van der Waals surface area contributed by atoms with Gasteiger partial charge in [-0.05, 0) is 40.8 Å². The molecule has 1 N–H and O–H groups in total. The van der Waals surface area contributed by atoms with Gasteiger partial charge in [0, 0.05) is 16.5 Å². The van der Waals surface area contributed by atoms with E-state index in [-0.39, 0.29) is 16.7 Å². The molecule has 0 aliphatic carbocycles. The first kappa shape index (κ1) is 26.1. The molecule has 1 amide bonds. The highest BCUT2D eigenvalue weighted by molar-refractivity contribution is 7.22. The number of nitrogens with zero attached hydrogens (tertiary/aromatic N) is 2. The summed E-state index contributed by atoms with van der Waals surface area (Å²) in [4.78, 5) is 33.7. The number of ketones is 1. The lowest BCUT2D eigenvalue weighted by molar-refractivity contribution is -0.117. The molecule has 1 aliphatic rings. The maximum Gasteiger partial charge on any atom is 0.296 e. The van der Waals surface area contributed by atoms with E-state index in [2.05, 4.69) is 25.8 Å². The molecule has 3 aromatic carbocycles. The Morgan fingerprint density at radius 3 is 2.50 bits per heavy atom. The van der Waals surface area contributed by atoms with E-state index in [1.165, 1.54) is 29.4 Å². The first-order valence-electron chi connectivity index (χ1n) is 12.6. The predicted octanol–water partition coefficient (Wildman–Crippen LogP) is 7.78. The average molecular weight is 573 g/mol. The van der Waals surface area contributed by atoms with Gasteiger partial charge < -0.3 is 14.3 Å². The molecule has 1 atom stereocenters. The predicted molar refractivity (Wildman–Crippen MR) is 157 cm³/mol. The molecule has 40 heavy (non-hydrogen) atoms. The van der Waals surface area contributed by atoms with E-state index < -0.39 is 23.5 Å². The van der Waals surface area contributed by atoms with Gasteiger partial charge in [-0.2, -0.15) is 0 Å². The number of carbonyl (C=O) groups excluding carboxylic acids is 2. The first-order valence-corrected chi connectivity index (χ1v) is 13.8. The van der Waals surface area contributed by atoms with Crippen LogP contribution in [0, 0.1) is 0 Å². The maximum absolute atomic E-state index is 14.0. The van der Waals surface area contributed by atoms with E-state index in [1.807, 2.05) is 48.5 Å². The number of halogens is 1. The van der Waals surface area contributed by atoms with Crippen LogP contribution in [0.3, 0.4) is 0 Å². The number of aromatic nitrogens is 1. The highest BCUT2D eigenvalue weighted by atomic mass is 35.5. The molecule has 0 saturated carbocycles. The van der Waals surface area contributed by atoms with Gasteiger partial charge in [-0.25, -0.2) is 4.98 Å². The number of aliphatic hydroxyl groups excluding tert-OH is 1. The zero-order valence-electron chi connectivity index (χ0n) is 22.2. The number of para-hydroxylation sites is 1. The Balaban J connectivity index is 1.51. The first-order chi connectivity index (χ1) is 19.1. The van der Waals surface area contributed by atoms with Crippen molar-refractivity contribution in [3.05, 3.63) is 100.0 Å². The van der Waals surface area contributed by atoms with Crippen molar-refractivity contribution < 1.29 is 23.8 Å². The summed E-state index contributed by atoms with van der Waals surface area (Å²) < 4.78 is 12.2. The topological polar surface area (TPSA) is 92.9 Å². The van der Waals surface area contributed by atoms with Gasteiger partial charge in [0.15, 0.2) is 28.0 Å². The molecule has 0 spiro atoms. The number of hydrogen-bond acceptors (Lipinski definition) is 7. The van der Waals surface area contributed by atoms with Crippen molar-refractivity contribution >= 4 is 60.9 Å². The SMILES string of the molecule is COc1cc(Cl)cc2cc(C(=O)C3=C(O)C(=O)N(c4nc5ccccc5s4)C3c3ccc(C(C)(C)C)cc3)oc12. The highest BCUT2D eigenvalue weighted by Crippen LogP contribution is 2.45. The van der Waals surface area contributed by atoms with Crippen LogP contribution in [0.5, 0.6) is 5.75 Å². The van der Waals surface area contributed by atoms with Crippen LogP contribution in [-0.4, -0.2) is 28.9 Å². The van der Waals surface area contributed by atoms with Crippen LogP contribution in [0.2, 0.25) is 5.02 Å². The van der Waals surface area contributed by atoms with Crippen LogP contribution in [0.15, 0.2) is 82.5 Å². The molecule has 2 aromatic heterocycles. The van der Waals surface area contributed by atoms with Crippen molar-refractivity contribution in [1.29, 1.82) is 0 Å². The van der Waals surface area contributed by atoms with Crippen LogP contribution in [0.25, 0.3) is 21.2 Å². The summed E-state index contributed by atoms with van der Waals surface area (Å²) in [7, 11) is 1.48. The van der Waals surface area contributed by atoms with Crippen LogP contribution in [0.4, 0.5) is 5.13 Å². The van der Waals surface area contributed by atoms with E-state index in [0.717, 1.165) is 15.8 Å². The van der Waals surface area contributed by atoms with Gasteiger partial charge in [-0.3, -0.25) is 14.5 Å². The second kappa shape index (κ2) is 9.50. The Bertz CT molecular complexity index is 1810. The number of methoxy groups -OCH3 is 1. The standard InChI is InChI=1S/C31H25ClN2O5S/c1-31(2,3)18-11-9-16(10-12-18)25-24(26(35)21-14-17-13-19(32)15-22(38-4)28(17)39-21)27(36)29(37)34(25)30-33-20-7-5-6-8-23(20)40-30/h5-15,25,36H,1-4H3. The van der Waals surface area contributed by atoms with Gasteiger partial charge in [0.2, 0.25) is 5.78 Å². The summed E-state index contributed by atoms with van der Waals surface area (Å²) in [6.07, 6.45) is 0. The average Bonchev–Trinajstić information content (AvgIpc) is 3.61. The third kappa shape index (κ3) is 4.24. The maximum atomic E-state index is 14.0. The Hall–Kier alpha value is -4.14. The lowest BCUT2D eigenvalue weighted by Crippen LogP contribution is -2.31. The number of Topliss-reactive ketones (excluding diaryl/α,β-unsaturated/α-hetero) is 1. The monoisotopic (exact) mass is 572 g/mol. The minimum Gasteiger partial charge on any atom is -0.503 e. The lowest BCUT2D eigenvalue weighted by atomic mass is 9.85. The molecular weight excluding hydrogens is 548 g/mol. The molecule has 0 saturated heterocycles. The Morgan fingerprint density at radius 2 is 1.82 bits per heavy atom. The number of amides is 1. The molecule has 202 valence electrons. The number of carbonyl (C=O) groups is 2. The molecular formula is C31H25ClN2O5S. The highest BCUT2D eigenvalue weighted by Gasteiger charge is 2.46. The molecule has 6 rings (SSSR count). The van der Waals surface area contributed by atoms with Crippen LogP contribution in [0.1, 0.15) is 48.5 Å². The summed E-state index contributed by atoms with van der Waals surface area (Å²) >= 11 is 7.53. The van der Waals surface area contributed by atoms with E-state index in [1.54, 1.807) is 12.1 Å². The number of thiazole rings is 1. The third-order valence-corrected chi connectivity index (χ3v) is 8.28. The van der Waals surface area contributed by atoms with Crippen molar-refractivity contribution in [1.82, 2.24) is 4.98 Å². The number of ether oxygens (including phenoxy) is 1. The Kier molecular flexibility index (Phi) is 6.20. The molecule has 5 aromatic rings. The summed E-state index contributed by atoms with van der Waals surface area (Å²) in [6, 6.07) is 19.1. The van der Waals surface area contributed by atoms with Gasteiger partial charge in [0.25, 0.3) is 5.91 Å². The van der Waals surface area contributed by atoms with Crippen LogP contribution >= 0.6 is 22.9 Å². The Labute approximate surface area is 239 Å². The smallest absolute Gasteiger partial charge is 0.296 e. The summed E-state index contributed by atoms with van der Waals surface area (Å²) in [5.74, 6) is -1.64. The molecule has 7 nitrogen and oxygen atoms in total. The van der Waals surface area contributed by atoms with Crippen molar-refractivity contribution in [3.8, 4) is 5.75 Å². The molecule has 9 heteroatoms. The second-order valence-electron chi connectivity index (χ2n) is 10.6. The van der Waals surface area contributed by atoms with Crippen molar-refractivity contribution in [3.63, 3.8) is 0 Å². The second-order valence-corrected chi connectivity index (χ2v) is 12.1. The fraction of sp³-hybridized carbons (Fsp3) is 0.194. The minimum absolute atomic E-state index is 0.0487. The van der Waals surface area contributed by atoms with E-state index in [0.29, 0.717) is 32.4 Å². The van der Waals surface area contributed by atoms with Gasteiger partial charge in [0.1, 0.15) is 0 Å². The van der Waals surface area contributed by atoms with Gasteiger partial charge in [-0.1, -0.05) is 80.1 Å². The van der Waals surface area contributed by atoms with Crippen molar-refractivity contribution in [2.45, 2.75) is 32.2 Å². The van der Waals surface area contributed by atoms with E-state index in [4.69, 9.17) is 20.8 Å². The Morgan fingerprint density at radius 1 is 1.10 bits per heavy atom. The third-order valence-electron chi connectivity index (χ3n) is 7.02. The summed E-state index contributed by atoms with van der Waals surface area (Å²) in [5.41, 5.74) is 2.63. The van der Waals surface area contributed by atoms with Crippen molar-refractivity contribution in [2.24, 2.45) is 0 Å². The number of furan rings is 1. The molecule has 1 unspecified atom stereocenters. The quantitative estimate of drug-likeness (QED) is 0.216. The summed E-state index contributed by atoms with van der Waals surface area (Å²) in [5, 5.41) is 12.5. The van der Waals surface area contributed by atoms with Gasteiger partial charge in [0.05, 0.1) is 28.9 Å². The normalized spacial score (nSPS) is 16.0. The zero-order valence-corrected chi connectivity index (χ0v) is 23.8. The van der Waals surface area contributed by atoms with Gasteiger partial charge in [-0.15, -0.1) is 0 Å². The van der Waals surface area contributed by atoms with E-state index >= 15 is 0 Å². The van der Waals surface area contributed by atoms with Gasteiger partial charge >= 0.3 is 0 Å². The minimum atomic E-state index is -0.923. The van der Waals surface area contributed by atoms with Crippen LogP contribution in [-0.2, 0) is 10.2 Å². The largest absolute Gasteiger partial charge is 0.503 e. The fourth-order valence-electron chi connectivity index (χ4n) is 4.96. The molecule has 0 bridgehead atoms. The molecule has 0 radical (unpaired) electrons. The molecule has 3 heterocycles. The lowest BCUT2D eigenvalue weighted by Gasteiger charge is -2.25. The number of anilines is 1. The van der Waals surface area contributed by atoms with Crippen LogP contribution < -0.4 is 9.64 Å². The summed E-state index contributed by atoms with van der Waals surface area (Å²) in [6.45, 7) is 6.33. The molecule has 0 fully saturated rings.